The number of nitrogens with two attached hydrogens (primary N) is 1. The number of aliphatic imine (C=N–C) groups is 1. The van der Waals surface area contributed by atoms with E-state index in [4.69, 9.17) is 10.5 Å². The Balaban J connectivity index is 2.33. The van der Waals surface area contributed by atoms with Gasteiger partial charge in [-0.25, -0.2) is 4.99 Å². The van der Waals surface area contributed by atoms with E-state index in [-0.39, 0.29) is 11.6 Å². The molecule has 0 bridgehead atoms. The molecule has 1 aliphatic heterocycles. The number of hydrogen-bond acceptors (Lipinski definition) is 3. The van der Waals surface area contributed by atoms with Crippen molar-refractivity contribution in [3.8, 4) is 5.75 Å². The molecular formula is C17H27N3OS. The Hall–Kier alpha value is -1.36. The average molecular weight is 321 g/mol. The van der Waals surface area contributed by atoms with Crippen molar-refractivity contribution in [2.45, 2.75) is 71.4 Å². The van der Waals surface area contributed by atoms with Gasteiger partial charge in [0.15, 0.2) is 5.96 Å². The Morgan fingerprint density at radius 3 is 2.45 bits per heavy atom. The topological polar surface area (TPSA) is 59.6 Å². The first-order chi connectivity index (χ1) is 10.1. The molecule has 0 radical (unpaired) electrons. The van der Waals surface area contributed by atoms with Gasteiger partial charge in [-0.1, -0.05) is 0 Å². The molecule has 22 heavy (non-hydrogen) atoms. The van der Waals surface area contributed by atoms with Crippen LogP contribution in [0.4, 0.5) is 0 Å². The third-order valence-electron chi connectivity index (χ3n) is 3.95. The average Bonchev–Trinajstić information content (AvgIpc) is 2.71. The van der Waals surface area contributed by atoms with Gasteiger partial charge in [0.05, 0.1) is 0 Å². The van der Waals surface area contributed by atoms with Crippen molar-refractivity contribution in [2.24, 2.45) is 10.7 Å². The lowest BCUT2D eigenvalue weighted by Crippen LogP contribution is -2.27. The maximum atomic E-state index is 6.14. The fraction of sp³-hybridized carbons (Fsp3) is 0.588. The normalized spacial score (nSPS) is 16.6. The summed E-state index contributed by atoms with van der Waals surface area (Å²) in [5.74, 6) is 1.53. The van der Waals surface area contributed by atoms with E-state index in [1.165, 1.54) is 27.1 Å². The summed E-state index contributed by atoms with van der Waals surface area (Å²) in [7, 11) is 0. The lowest BCUT2D eigenvalue weighted by molar-refractivity contribution is 0.137. The maximum Gasteiger partial charge on any atom is 0.199 e. The molecule has 3 N–H and O–H groups in total. The van der Waals surface area contributed by atoms with E-state index in [1.807, 2.05) is 13.8 Å². The van der Waals surface area contributed by atoms with Crippen molar-refractivity contribution < 1.29 is 4.74 Å². The van der Waals surface area contributed by atoms with Crippen LogP contribution in [-0.2, 0) is 6.42 Å². The van der Waals surface area contributed by atoms with E-state index < -0.39 is 0 Å². The van der Waals surface area contributed by atoms with Crippen molar-refractivity contribution in [3.63, 3.8) is 0 Å². The highest BCUT2D eigenvalue weighted by Crippen LogP contribution is 2.44. The molecule has 0 aromatic heterocycles. The van der Waals surface area contributed by atoms with Crippen LogP contribution >= 0.6 is 11.9 Å². The number of rotatable bonds is 3. The summed E-state index contributed by atoms with van der Waals surface area (Å²) in [6.45, 7) is 14.7. The molecule has 0 aliphatic carbocycles. The van der Waals surface area contributed by atoms with Gasteiger partial charge in [-0.15, -0.1) is 0 Å². The molecule has 0 saturated heterocycles. The maximum absolute atomic E-state index is 6.14. The second-order valence-corrected chi connectivity index (χ2v) is 7.68. The van der Waals surface area contributed by atoms with Crippen LogP contribution in [0.25, 0.3) is 0 Å². The van der Waals surface area contributed by atoms with Gasteiger partial charge in [0.2, 0.25) is 0 Å². The molecule has 0 unspecified atom stereocenters. The molecule has 1 heterocycles. The fourth-order valence-corrected chi connectivity index (χ4v) is 3.65. The van der Waals surface area contributed by atoms with E-state index in [0.29, 0.717) is 5.96 Å². The quantitative estimate of drug-likeness (QED) is 0.507. The van der Waals surface area contributed by atoms with Crippen molar-refractivity contribution in [3.05, 3.63) is 22.3 Å². The highest BCUT2D eigenvalue weighted by molar-refractivity contribution is 7.98. The zero-order valence-corrected chi connectivity index (χ0v) is 15.4. The molecular weight excluding hydrogens is 294 g/mol. The molecule has 0 amide bonds. The molecule has 1 aliphatic rings. The van der Waals surface area contributed by atoms with Gasteiger partial charge in [-0.2, -0.15) is 0 Å². The first-order valence-corrected chi connectivity index (χ1v) is 8.52. The van der Waals surface area contributed by atoms with Gasteiger partial charge in [-0.3, -0.25) is 4.72 Å². The van der Waals surface area contributed by atoms with Gasteiger partial charge in [-0.05, 0) is 77.1 Å². The molecule has 0 saturated carbocycles. The summed E-state index contributed by atoms with van der Waals surface area (Å²) < 4.78 is 9.30. The Morgan fingerprint density at radius 2 is 1.86 bits per heavy atom. The summed E-state index contributed by atoms with van der Waals surface area (Å²) in [5.41, 5.74) is 10.8. The summed E-state index contributed by atoms with van der Waals surface area (Å²) in [6.07, 6.45) is 0.943. The molecule has 1 aromatic carbocycles. The van der Waals surface area contributed by atoms with Crippen LogP contribution in [0.15, 0.2) is 9.89 Å². The van der Waals surface area contributed by atoms with Crippen molar-refractivity contribution in [1.29, 1.82) is 0 Å². The number of benzene rings is 1. The van der Waals surface area contributed by atoms with Crippen LogP contribution in [0.1, 0.15) is 49.9 Å². The molecule has 122 valence electrons. The monoisotopic (exact) mass is 321 g/mol. The smallest absolute Gasteiger partial charge is 0.199 e. The third-order valence-corrected chi connectivity index (χ3v) is 5.07. The zero-order valence-electron chi connectivity index (χ0n) is 14.6. The van der Waals surface area contributed by atoms with E-state index in [1.54, 1.807) is 11.9 Å². The summed E-state index contributed by atoms with van der Waals surface area (Å²) >= 11 is 1.54. The predicted molar refractivity (Wildman–Crippen MR) is 94.8 cm³/mol. The summed E-state index contributed by atoms with van der Waals surface area (Å²) in [4.78, 5) is 5.53. The number of guanidine groups is 1. The van der Waals surface area contributed by atoms with Crippen LogP contribution in [0.2, 0.25) is 0 Å². The number of ether oxygens (including phenoxy) is 1. The number of nitrogens with one attached hydrogen (secondary N) is 1. The minimum Gasteiger partial charge on any atom is -0.487 e. The lowest BCUT2D eigenvalue weighted by Gasteiger charge is -2.19. The molecule has 2 rings (SSSR count). The van der Waals surface area contributed by atoms with Crippen LogP contribution in [0.3, 0.4) is 0 Å². The number of hydrogen-bond donors (Lipinski definition) is 2. The van der Waals surface area contributed by atoms with Crippen LogP contribution in [0, 0.1) is 20.8 Å². The Bertz CT molecular complexity index is 621. The molecule has 5 heteroatoms. The minimum atomic E-state index is -0.126. The van der Waals surface area contributed by atoms with Gasteiger partial charge in [0.25, 0.3) is 0 Å². The Kier molecular flexibility index (Phi) is 4.66. The third kappa shape index (κ3) is 3.35. The van der Waals surface area contributed by atoms with Crippen LogP contribution < -0.4 is 15.2 Å². The first-order valence-electron chi connectivity index (χ1n) is 7.70. The fourth-order valence-electron chi connectivity index (χ4n) is 2.81. The molecule has 0 fully saturated rings. The lowest BCUT2D eigenvalue weighted by atomic mass is 9.94. The van der Waals surface area contributed by atoms with E-state index >= 15 is 0 Å². The van der Waals surface area contributed by atoms with Gasteiger partial charge < -0.3 is 10.5 Å². The summed E-state index contributed by atoms with van der Waals surface area (Å²) in [5, 5.41) is 0. The van der Waals surface area contributed by atoms with Crippen LogP contribution in [0.5, 0.6) is 5.75 Å². The minimum absolute atomic E-state index is 0.126. The largest absolute Gasteiger partial charge is 0.487 e. The van der Waals surface area contributed by atoms with Crippen molar-refractivity contribution >= 4 is 17.9 Å². The van der Waals surface area contributed by atoms with Crippen molar-refractivity contribution in [2.75, 3.05) is 0 Å². The molecule has 4 nitrogen and oxygen atoms in total. The SMILES string of the molecule is Cc1c(C)c(SNC(N)=NC(C)C)c(C)c2c1OC(C)(C)C2. The number of fused-ring (bicyclic) bond motifs is 1. The van der Waals surface area contributed by atoms with Gasteiger partial charge in [0.1, 0.15) is 11.4 Å². The summed E-state index contributed by atoms with van der Waals surface area (Å²) in [6, 6.07) is 0.186. The molecule has 1 aromatic rings. The van der Waals surface area contributed by atoms with E-state index in [2.05, 4.69) is 44.3 Å². The Labute approximate surface area is 138 Å². The first kappa shape index (κ1) is 17.0. The highest BCUT2D eigenvalue weighted by atomic mass is 32.2. The van der Waals surface area contributed by atoms with E-state index in [9.17, 15) is 0 Å². The van der Waals surface area contributed by atoms with Gasteiger partial charge in [0, 0.05) is 22.9 Å². The second kappa shape index (κ2) is 6.03. The molecule has 0 spiro atoms. The standard InChI is InChI=1S/C17H27N3OS/c1-9(2)19-16(18)20-22-15-11(4)10(3)14-13(12(15)5)8-17(6,7)21-14/h9H,8H2,1-7H3,(H3,18,19,20). The second-order valence-electron chi connectivity index (χ2n) is 6.86. The number of nitrogens with zero attached hydrogens (tertiary/aromatic N) is 1. The Morgan fingerprint density at radius 1 is 1.23 bits per heavy atom. The van der Waals surface area contributed by atoms with Gasteiger partial charge >= 0.3 is 0 Å². The highest BCUT2D eigenvalue weighted by Gasteiger charge is 2.34. The predicted octanol–water partition coefficient (Wildman–Crippen LogP) is 3.65. The van der Waals surface area contributed by atoms with Crippen LogP contribution in [-0.4, -0.2) is 17.6 Å². The van der Waals surface area contributed by atoms with E-state index in [0.717, 1.165) is 12.2 Å². The molecule has 0 atom stereocenters. The zero-order chi connectivity index (χ0) is 16.7. The van der Waals surface area contributed by atoms with Crippen molar-refractivity contribution in [1.82, 2.24) is 4.72 Å².